The number of amides is 1. The van der Waals surface area contributed by atoms with Crippen molar-refractivity contribution in [2.24, 2.45) is 0 Å². The van der Waals surface area contributed by atoms with Gasteiger partial charge in [-0.15, -0.1) is 0 Å². The summed E-state index contributed by atoms with van der Waals surface area (Å²) in [5.41, 5.74) is 2.28. The highest BCUT2D eigenvalue weighted by atomic mass is 16.6. The van der Waals surface area contributed by atoms with Crippen LogP contribution in [0.2, 0.25) is 0 Å². The maximum Gasteiger partial charge on any atom is 0.407 e. The molecule has 0 saturated carbocycles. The molecule has 0 bridgehead atoms. The average molecular weight is 253 g/mol. The molecule has 2 aromatic rings. The molecular formula is C16H15NO2. The topological polar surface area (TPSA) is 38.3 Å². The average Bonchev–Trinajstić information content (AvgIpc) is 2.49. The van der Waals surface area contributed by atoms with E-state index in [-0.39, 0.29) is 18.1 Å². The van der Waals surface area contributed by atoms with Crippen LogP contribution in [0.5, 0.6) is 0 Å². The van der Waals surface area contributed by atoms with E-state index in [1.165, 1.54) is 5.56 Å². The summed E-state index contributed by atoms with van der Waals surface area (Å²) in [6.45, 7) is 0.412. The number of ether oxygens (including phenoxy) is 1. The molecule has 0 spiro atoms. The van der Waals surface area contributed by atoms with Gasteiger partial charge in [0.05, 0.1) is 6.04 Å². The second kappa shape index (κ2) is 5.14. The first-order chi connectivity index (χ1) is 9.34. The Morgan fingerprint density at radius 2 is 1.47 bits per heavy atom. The van der Waals surface area contributed by atoms with Gasteiger partial charge in [0, 0.05) is 5.92 Å². The quantitative estimate of drug-likeness (QED) is 0.892. The fourth-order valence-electron chi connectivity index (χ4n) is 2.50. The number of rotatable bonds is 2. The Labute approximate surface area is 112 Å². The zero-order valence-electron chi connectivity index (χ0n) is 10.5. The van der Waals surface area contributed by atoms with Crippen LogP contribution in [0.1, 0.15) is 23.1 Å². The predicted molar refractivity (Wildman–Crippen MR) is 72.8 cm³/mol. The zero-order valence-corrected chi connectivity index (χ0v) is 10.5. The molecular weight excluding hydrogens is 238 g/mol. The lowest BCUT2D eigenvalue weighted by Gasteiger charge is -2.32. The van der Waals surface area contributed by atoms with E-state index < -0.39 is 0 Å². The third-order valence-electron chi connectivity index (χ3n) is 3.46. The summed E-state index contributed by atoms with van der Waals surface area (Å²) in [7, 11) is 0. The maximum absolute atomic E-state index is 11.5. The molecule has 1 N–H and O–H groups in total. The number of carbonyl (C=O) groups is 1. The minimum absolute atomic E-state index is 0.0372. The van der Waals surface area contributed by atoms with Crippen LogP contribution in [0.3, 0.4) is 0 Å². The van der Waals surface area contributed by atoms with Gasteiger partial charge in [-0.25, -0.2) is 4.79 Å². The minimum atomic E-state index is -0.346. The van der Waals surface area contributed by atoms with Crippen molar-refractivity contribution in [1.82, 2.24) is 5.32 Å². The Kier molecular flexibility index (Phi) is 3.19. The smallest absolute Gasteiger partial charge is 0.407 e. The van der Waals surface area contributed by atoms with Crippen molar-refractivity contribution in [2.75, 3.05) is 6.61 Å². The normalized spacial score (nSPS) is 22.4. The highest BCUT2D eigenvalue weighted by Gasteiger charge is 2.31. The molecule has 0 aromatic heterocycles. The van der Waals surface area contributed by atoms with Gasteiger partial charge in [0.25, 0.3) is 0 Å². The molecule has 1 saturated heterocycles. The summed E-state index contributed by atoms with van der Waals surface area (Å²) in [6.07, 6.45) is -0.346. The van der Waals surface area contributed by atoms with Gasteiger partial charge in [-0.2, -0.15) is 0 Å². The standard InChI is InChI=1S/C16H15NO2/c18-16-17-15(13-9-5-2-6-10-13)14(11-19-16)12-7-3-1-4-8-12/h1-10,14-15H,11H2,(H,17,18)/t14-,15+/m1/s1. The molecule has 2 aromatic carbocycles. The van der Waals surface area contributed by atoms with Crippen LogP contribution in [0, 0.1) is 0 Å². The number of alkyl carbamates (subject to hydrolysis) is 1. The SMILES string of the molecule is O=C1N[C@@H](c2ccccc2)[C@@H](c2ccccc2)CO1. The van der Waals surface area contributed by atoms with Crippen molar-refractivity contribution in [3.05, 3.63) is 71.8 Å². The van der Waals surface area contributed by atoms with Crippen LogP contribution < -0.4 is 5.32 Å². The molecule has 3 heteroatoms. The zero-order chi connectivity index (χ0) is 13.1. The van der Waals surface area contributed by atoms with E-state index in [1.54, 1.807) is 0 Å². The van der Waals surface area contributed by atoms with Crippen LogP contribution >= 0.6 is 0 Å². The second-order valence-electron chi connectivity index (χ2n) is 4.65. The van der Waals surface area contributed by atoms with Gasteiger partial charge in [-0.3, -0.25) is 0 Å². The molecule has 2 atom stereocenters. The minimum Gasteiger partial charge on any atom is -0.449 e. The highest BCUT2D eigenvalue weighted by molar-refractivity contribution is 5.69. The fraction of sp³-hybridized carbons (Fsp3) is 0.188. The van der Waals surface area contributed by atoms with Gasteiger partial charge in [0.1, 0.15) is 6.61 Å². The summed E-state index contributed by atoms with van der Waals surface area (Å²) in [5.74, 6) is 0.140. The maximum atomic E-state index is 11.5. The van der Waals surface area contributed by atoms with Crippen LogP contribution in [-0.2, 0) is 4.74 Å². The summed E-state index contributed by atoms with van der Waals surface area (Å²) in [6, 6.07) is 20.1. The molecule has 1 heterocycles. The van der Waals surface area contributed by atoms with Gasteiger partial charge in [0.2, 0.25) is 0 Å². The van der Waals surface area contributed by atoms with E-state index >= 15 is 0 Å². The van der Waals surface area contributed by atoms with E-state index in [0.29, 0.717) is 6.61 Å². The molecule has 1 aliphatic heterocycles. The third-order valence-corrected chi connectivity index (χ3v) is 3.46. The van der Waals surface area contributed by atoms with Gasteiger partial charge in [-0.1, -0.05) is 60.7 Å². The summed E-state index contributed by atoms with van der Waals surface area (Å²) in [4.78, 5) is 11.5. The van der Waals surface area contributed by atoms with E-state index in [1.807, 2.05) is 48.5 Å². The number of benzene rings is 2. The fourth-order valence-corrected chi connectivity index (χ4v) is 2.50. The Balaban J connectivity index is 1.95. The lowest BCUT2D eigenvalue weighted by atomic mass is 9.87. The first-order valence-corrected chi connectivity index (χ1v) is 6.38. The van der Waals surface area contributed by atoms with Crippen molar-refractivity contribution in [3.63, 3.8) is 0 Å². The number of hydrogen-bond donors (Lipinski definition) is 1. The summed E-state index contributed by atoms with van der Waals surface area (Å²) in [5, 5.41) is 2.92. The van der Waals surface area contributed by atoms with Crippen molar-refractivity contribution >= 4 is 6.09 Å². The number of nitrogens with one attached hydrogen (secondary N) is 1. The molecule has 0 radical (unpaired) electrons. The number of carbonyl (C=O) groups excluding carboxylic acids is 1. The van der Waals surface area contributed by atoms with Crippen molar-refractivity contribution in [1.29, 1.82) is 0 Å². The lowest BCUT2D eigenvalue weighted by molar-refractivity contribution is 0.103. The molecule has 0 unspecified atom stereocenters. The van der Waals surface area contributed by atoms with Gasteiger partial charge < -0.3 is 10.1 Å². The molecule has 1 amide bonds. The van der Waals surface area contributed by atoms with Crippen LogP contribution in [0.25, 0.3) is 0 Å². The largest absolute Gasteiger partial charge is 0.449 e. The van der Waals surface area contributed by atoms with Gasteiger partial charge in [-0.05, 0) is 11.1 Å². The van der Waals surface area contributed by atoms with Gasteiger partial charge in [0.15, 0.2) is 0 Å². The molecule has 1 aliphatic rings. The Morgan fingerprint density at radius 3 is 2.11 bits per heavy atom. The van der Waals surface area contributed by atoms with E-state index in [9.17, 15) is 4.79 Å². The molecule has 96 valence electrons. The van der Waals surface area contributed by atoms with Crippen LogP contribution in [0.15, 0.2) is 60.7 Å². The highest BCUT2D eigenvalue weighted by Crippen LogP contribution is 2.33. The van der Waals surface area contributed by atoms with Crippen molar-refractivity contribution < 1.29 is 9.53 Å². The van der Waals surface area contributed by atoms with E-state index in [4.69, 9.17) is 4.74 Å². The molecule has 1 fully saturated rings. The Bertz CT molecular complexity index is 553. The van der Waals surface area contributed by atoms with Crippen molar-refractivity contribution in [2.45, 2.75) is 12.0 Å². The predicted octanol–water partition coefficient (Wildman–Crippen LogP) is 3.25. The third kappa shape index (κ3) is 2.45. The lowest BCUT2D eigenvalue weighted by Crippen LogP contribution is -2.40. The van der Waals surface area contributed by atoms with Crippen molar-refractivity contribution in [3.8, 4) is 0 Å². The summed E-state index contributed by atoms with van der Waals surface area (Å²) >= 11 is 0. The Morgan fingerprint density at radius 1 is 0.895 bits per heavy atom. The number of hydrogen-bond acceptors (Lipinski definition) is 2. The first-order valence-electron chi connectivity index (χ1n) is 6.38. The van der Waals surface area contributed by atoms with E-state index in [0.717, 1.165) is 5.56 Å². The van der Waals surface area contributed by atoms with E-state index in [2.05, 4.69) is 17.4 Å². The van der Waals surface area contributed by atoms with Gasteiger partial charge >= 0.3 is 6.09 Å². The van der Waals surface area contributed by atoms with Crippen LogP contribution in [-0.4, -0.2) is 12.7 Å². The second-order valence-corrected chi connectivity index (χ2v) is 4.65. The number of cyclic esters (lactones) is 1. The Hall–Kier alpha value is -2.29. The monoisotopic (exact) mass is 253 g/mol. The van der Waals surface area contributed by atoms with Crippen LogP contribution in [0.4, 0.5) is 4.79 Å². The molecule has 3 rings (SSSR count). The molecule has 3 nitrogen and oxygen atoms in total. The first kappa shape index (κ1) is 11.8. The molecule has 19 heavy (non-hydrogen) atoms. The summed E-state index contributed by atoms with van der Waals surface area (Å²) < 4.78 is 5.15. The molecule has 0 aliphatic carbocycles.